The molecular formula is C19H16N2O. The molecule has 1 amide bonds. The van der Waals surface area contributed by atoms with Crippen molar-refractivity contribution in [2.45, 2.75) is 6.92 Å². The van der Waals surface area contributed by atoms with Crippen LogP contribution in [0.4, 0.5) is 5.69 Å². The highest BCUT2D eigenvalue weighted by atomic mass is 16.2. The Hall–Kier alpha value is -2.81. The Kier molecular flexibility index (Phi) is 2.86. The topological polar surface area (TPSA) is 36.1 Å². The van der Waals surface area contributed by atoms with E-state index in [0.717, 1.165) is 33.3 Å². The number of hydrogen-bond donors (Lipinski definition) is 1. The molecule has 0 atom stereocenters. The minimum Gasteiger partial charge on any atom is -0.361 e. The molecule has 0 saturated carbocycles. The van der Waals surface area contributed by atoms with E-state index in [0.29, 0.717) is 6.54 Å². The first-order chi connectivity index (χ1) is 10.8. The number of benzene rings is 2. The summed E-state index contributed by atoms with van der Waals surface area (Å²) in [7, 11) is 0. The van der Waals surface area contributed by atoms with Crippen LogP contribution in [0, 0.1) is 0 Å². The van der Waals surface area contributed by atoms with Crippen molar-refractivity contribution >= 4 is 34.1 Å². The van der Waals surface area contributed by atoms with Crippen LogP contribution in [0.5, 0.6) is 0 Å². The number of hydrogen-bond acceptors (Lipinski definition) is 1. The zero-order valence-corrected chi connectivity index (χ0v) is 12.3. The number of carbonyl (C=O) groups excluding carboxylic acids is 1. The molecule has 1 aliphatic rings. The minimum atomic E-state index is 0.0778. The second-order valence-electron chi connectivity index (χ2n) is 5.41. The molecule has 0 saturated heterocycles. The number of likely N-dealkylation sites (N-methyl/N-ethyl adjacent to an activating group) is 1. The van der Waals surface area contributed by atoms with Crippen molar-refractivity contribution in [3.8, 4) is 0 Å². The largest absolute Gasteiger partial charge is 0.361 e. The SMILES string of the molecule is CCN1C(=O)/C(=C\c2c[nH]c3ccccc23)c2ccccc21. The summed E-state index contributed by atoms with van der Waals surface area (Å²) in [5.74, 6) is 0.0778. The summed E-state index contributed by atoms with van der Waals surface area (Å²) in [6.45, 7) is 2.68. The lowest BCUT2D eigenvalue weighted by atomic mass is 10.0. The van der Waals surface area contributed by atoms with E-state index in [1.54, 1.807) is 0 Å². The van der Waals surface area contributed by atoms with Gasteiger partial charge in [0.15, 0.2) is 0 Å². The quantitative estimate of drug-likeness (QED) is 0.709. The molecular weight excluding hydrogens is 272 g/mol. The summed E-state index contributed by atoms with van der Waals surface area (Å²) < 4.78 is 0. The molecule has 3 heteroatoms. The van der Waals surface area contributed by atoms with Gasteiger partial charge in [-0.15, -0.1) is 0 Å². The lowest BCUT2D eigenvalue weighted by molar-refractivity contribution is -0.112. The van der Waals surface area contributed by atoms with Gasteiger partial charge in [-0.05, 0) is 25.1 Å². The van der Waals surface area contributed by atoms with Gasteiger partial charge < -0.3 is 9.88 Å². The van der Waals surface area contributed by atoms with Gasteiger partial charge in [-0.25, -0.2) is 0 Å². The van der Waals surface area contributed by atoms with Crippen molar-refractivity contribution in [2.24, 2.45) is 0 Å². The second kappa shape index (κ2) is 4.88. The Morgan fingerprint density at radius 2 is 1.86 bits per heavy atom. The lowest BCUT2D eigenvalue weighted by Gasteiger charge is -2.13. The molecule has 1 aliphatic heterocycles. The fraction of sp³-hybridized carbons (Fsp3) is 0.105. The van der Waals surface area contributed by atoms with Crippen molar-refractivity contribution in [2.75, 3.05) is 11.4 Å². The zero-order valence-electron chi connectivity index (χ0n) is 12.3. The number of carbonyl (C=O) groups is 1. The van der Waals surface area contributed by atoms with Gasteiger partial charge in [-0.3, -0.25) is 4.79 Å². The molecule has 0 fully saturated rings. The molecule has 3 aromatic rings. The number of amides is 1. The molecule has 1 N–H and O–H groups in total. The van der Waals surface area contributed by atoms with Gasteiger partial charge in [-0.2, -0.15) is 0 Å². The van der Waals surface area contributed by atoms with Crippen LogP contribution in [0.15, 0.2) is 54.7 Å². The summed E-state index contributed by atoms with van der Waals surface area (Å²) in [5, 5.41) is 1.13. The number of fused-ring (bicyclic) bond motifs is 2. The van der Waals surface area contributed by atoms with Crippen LogP contribution in [-0.2, 0) is 4.79 Å². The lowest BCUT2D eigenvalue weighted by Crippen LogP contribution is -2.25. The van der Waals surface area contributed by atoms with Gasteiger partial charge in [0.2, 0.25) is 0 Å². The standard InChI is InChI=1S/C19H16N2O/c1-2-21-18-10-6-4-8-15(18)16(19(21)22)11-13-12-20-17-9-5-3-7-14(13)17/h3-12,20H,2H2,1H3/b16-11-. The molecule has 0 spiro atoms. The Morgan fingerprint density at radius 1 is 1.09 bits per heavy atom. The summed E-state index contributed by atoms with van der Waals surface area (Å²) in [6, 6.07) is 16.1. The predicted molar refractivity (Wildman–Crippen MR) is 90.6 cm³/mol. The number of H-pyrrole nitrogens is 1. The molecule has 0 aliphatic carbocycles. The predicted octanol–water partition coefficient (Wildman–Crippen LogP) is 4.08. The number of nitrogens with one attached hydrogen (secondary N) is 1. The van der Waals surface area contributed by atoms with E-state index in [1.807, 2.05) is 66.6 Å². The van der Waals surface area contributed by atoms with E-state index in [2.05, 4.69) is 11.1 Å². The van der Waals surface area contributed by atoms with Gasteiger partial charge in [-0.1, -0.05) is 36.4 Å². The summed E-state index contributed by atoms with van der Waals surface area (Å²) in [4.78, 5) is 17.8. The van der Waals surface area contributed by atoms with Gasteiger partial charge in [0.05, 0.1) is 5.69 Å². The van der Waals surface area contributed by atoms with E-state index in [4.69, 9.17) is 0 Å². The van der Waals surface area contributed by atoms with Crippen LogP contribution in [0.25, 0.3) is 22.6 Å². The maximum atomic E-state index is 12.7. The number of anilines is 1. The molecule has 2 heterocycles. The highest BCUT2D eigenvalue weighted by Crippen LogP contribution is 2.38. The van der Waals surface area contributed by atoms with E-state index in [9.17, 15) is 4.79 Å². The van der Waals surface area contributed by atoms with E-state index in [1.165, 1.54) is 0 Å². The van der Waals surface area contributed by atoms with E-state index in [-0.39, 0.29) is 5.91 Å². The first-order valence-corrected chi connectivity index (χ1v) is 7.48. The monoisotopic (exact) mass is 288 g/mol. The number of aromatic amines is 1. The Morgan fingerprint density at radius 3 is 2.73 bits per heavy atom. The van der Waals surface area contributed by atoms with Crippen LogP contribution in [-0.4, -0.2) is 17.4 Å². The average Bonchev–Trinajstić information content (AvgIpc) is 3.08. The van der Waals surface area contributed by atoms with Crippen molar-refractivity contribution < 1.29 is 4.79 Å². The highest BCUT2D eigenvalue weighted by Gasteiger charge is 2.30. The number of nitrogens with zero attached hydrogens (tertiary/aromatic N) is 1. The van der Waals surface area contributed by atoms with Gasteiger partial charge >= 0.3 is 0 Å². The molecule has 0 unspecified atom stereocenters. The maximum absolute atomic E-state index is 12.7. The van der Waals surface area contributed by atoms with Crippen LogP contribution >= 0.6 is 0 Å². The highest BCUT2D eigenvalue weighted by molar-refractivity contribution is 6.36. The molecule has 108 valence electrons. The molecule has 1 aromatic heterocycles. The van der Waals surface area contributed by atoms with Crippen molar-refractivity contribution in [1.29, 1.82) is 0 Å². The first-order valence-electron chi connectivity index (χ1n) is 7.48. The van der Waals surface area contributed by atoms with Crippen molar-refractivity contribution in [1.82, 2.24) is 4.98 Å². The molecule has 22 heavy (non-hydrogen) atoms. The third kappa shape index (κ3) is 1.79. The fourth-order valence-electron chi connectivity index (χ4n) is 3.13. The second-order valence-corrected chi connectivity index (χ2v) is 5.41. The number of aromatic nitrogens is 1. The van der Waals surface area contributed by atoms with Crippen LogP contribution < -0.4 is 4.90 Å². The Labute approximate surface area is 128 Å². The van der Waals surface area contributed by atoms with Crippen LogP contribution in [0.2, 0.25) is 0 Å². The molecule has 0 bridgehead atoms. The third-order valence-corrected chi connectivity index (χ3v) is 4.20. The summed E-state index contributed by atoms with van der Waals surface area (Å²) >= 11 is 0. The van der Waals surface area contributed by atoms with Crippen molar-refractivity contribution in [3.05, 3.63) is 65.9 Å². The van der Waals surface area contributed by atoms with Gasteiger partial charge in [0.25, 0.3) is 5.91 Å². The average molecular weight is 288 g/mol. The molecule has 0 radical (unpaired) electrons. The third-order valence-electron chi connectivity index (χ3n) is 4.20. The molecule has 3 nitrogen and oxygen atoms in total. The maximum Gasteiger partial charge on any atom is 0.258 e. The van der Waals surface area contributed by atoms with Crippen LogP contribution in [0.3, 0.4) is 0 Å². The first kappa shape index (κ1) is 12.9. The number of para-hydroxylation sites is 2. The number of rotatable bonds is 2. The van der Waals surface area contributed by atoms with Crippen LogP contribution in [0.1, 0.15) is 18.1 Å². The van der Waals surface area contributed by atoms with Crippen molar-refractivity contribution in [3.63, 3.8) is 0 Å². The van der Waals surface area contributed by atoms with Gasteiger partial charge in [0, 0.05) is 40.3 Å². The van der Waals surface area contributed by atoms with E-state index < -0.39 is 0 Å². The normalized spacial score (nSPS) is 15.8. The molecule has 4 rings (SSSR count). The Bertz CT molecular complexity index is 904. The van der Waals surface area contributed by atoms with Gasteiger partial charge in [0.1, 0.15) is 0 Å². The zero-order chi connectivity index (χ0) is 15.1. The smallest absolute Gasteiger partial charge is 0.258 e. The minimum absolute atomic E-state index is 0.0778. The Balaban J connectivity index is 1.90. The molecule has 2 aromatic carbocycles. The fourth-order valence-corrected chi connectivity index (χ4v) is 3.13. The van der Waals surface area contributed by atoms with E-state index >= 15 is 0 Å². The summed E-state index contributed by atoms with van der Waals surface area (Å²) in [6.07, 6.45) is 3.96. The summed E-state index contributed by atoms with van der Waals surface area (Å²) in [5.41, 5.74) is 4.91.